The molecule has 0 aliphatic heterocycles. The van der Waals surface area contributed by atoms with Gasteiger partial charge in [0.05, 0.1) is 18.7 Å². The zero-order chi connectivity index (χ0) is 14.7. The molecule has 0 saturated carbocycles. The van der Waals surface area contributed by atoms with Crippen LogP contribution in [-0.2, 0) is 0 Å². The molecule has 102 valence electrons. The Morgan fingerprint density at radius 2 is 1.65 bits per heavy atom. The molecule has 2 rings (SSSR count). The van der Waals surface area contributed by atoms with Gasteiger partial charge in [0.15, 0.2) is 17.4 Å². The van der Waals surface area contributed by atoms with E-state index in [2.05, 4.69) is 0 Å². The van der Waals surface area contributed by atoms with Gasteiger partial charge in [0, 0.05) is 23.9 Å². The van der Waals surface area contributed by atoms with E-state index in [0.717, 1.165) is 12.1 Å². The molecule has 2 aromatic carbocycles. The number of ether oxygens (including phenoxy) is 2. The van der Waals surface area contributed by atoms with Crippen LogP contribution in [0, 0.1) is 23.0 Å². The second-order valence-corrected chi connectivity index (χ2v) is 3.92. The molecule has 0 radical (unpaired) electrons. The van der Waals surface area contributed by atoms with E-state index in [9.17, 15) is 8.78 Å². The van der Waals surface area contributed by atoms with Crippen LogP contribution in [0.3, 0.4) is 0 Å². The molecule has 0 atom stereocenters. The first-order valence-corrected chi connectivity index (χ1v) is 5.55. The molecule has 0 aromatic heterocycles. The van der Waals surface area contributed by atoms with Gasteiger partial charge in [0.2, 0.25) is 0 Å². The number of rotatable bonds is 3. The van der Waals surface area contributed by atoms with E-state index in [1.807, 2.05) is 6.07 Å². The third-order valence-corrected chi connectivity index (χ3v) is 2.49. The van der Waals surface area contributed by atoms with Crippen molar-refractivity contribution in [1.29, 1.82) is 5.26 Å². The van der Waals surface area contributed by atoms with Gasteiger partial charge in [0.25, 0.3) is 0 Å². The lowest BCUT2D eigenvalue weighted by atomic mass is 10.2. The Bertz CT molecular complexity index is 673. The monoisotopic (exact) mass is 276 g/mol. The SMILES string of the molecule is COc1cc(C#N)cc(Oc2c(F)cc(N)cc2F)c1. The summed E-state index contributed by atoms with van der Waals surface area (Å²) in [7, 11) is 1.41. The highest BCUT2D eigenvalue weighted by Crippen LogP contribution is 2.31. The summed E-state index contributed by atoms with van der Waals surface area (Å²) in [5.74, 6) is -2.01. The number of nitriles is 1. The molecule has 0 spiro atoms. The largest absolute Gasteiger partial charge is 0.497 e. The van der Waals surface area contributed by atoms with Gasteiger partial charge in [-0.2, -0.15) is 5.26 Å². The molecule has 0 aliphatic rings. The predicted molar refractivity (Wildman–Crippen MR) is 68.6 cm³/mol. The number of anilines is 1. The van der Waals surface area contributed by atoms with E-state index in [4.69, 9.17) is 20.5 Å². The van der Waals surface area contributed by atoms with E-state index >= 15 is 0 Å². The van der Waals surface area contributed by atoms with Gasteiger partial charge in [-0.1, -0.05) is 0 Å². The molecular formula is C14H10F2N2O2. The molecule has 2 N–H and O–H groups in total. The number of hydrogen-bond donors (Lipinski definition) is 1. The summed E-state index contributed by atoms with van der Waals surface area (Å²) in [5, 5.41) is 8.87. The summed E-state index contributed by atoms with van der Waals surface area (Å²) < 4.78 is 37.4. The minimum atomic E-state index is -0.927. The quantitative estimate of drug-likeness (QED) is 0.874. The van der Waals surface area contributed by atoms with Crippen LogP contribution in [0.2, 0.25) is 0 Å². The fraction of sp³-hybridized carbons (Fsp3) is 0.0714. The molecule has 0 heterocycles. The maximum Gasteiger partial charge on any atom is 0.198 e. The summed E-state index contributed by atoms with van der Waals surface area (Å²) in [5.41, 5.74) is 5.51. The standard InChI is InChI=1S/C14H10F2N2O2/c1-19-10-2-8(7-17)3-11(6-10)20-14-12(15)4-9(18)5-13(14)16/h2-6H,18H2,1H3. The first-order chi connectivity index (χ1) is 9.53. The lowest BCUT2D eigenvalue weighted by Crippen LogP contribution is -1.96. The van der Waals surface area contributed by atoms with Crippen molar-refractivity contribution in [3.63, 3.8) is 0 Å². The number of hydrogen-bond acceptors (Lipinski definition) is 4. The smallest absolute Gasteiger partial charge is 0.198 e. The van der Waals surface area contributed by atoms with Crippen molar-refractivity contribution in [3.05, 3.63) is 47.5 Å². The molecule has 0 saturated heterocycles. The maximum atomic E-state index is 13.6. The third-order valence-electron chi connectivity index (χ3n) is 2.49. The molecule has 0 aliphatic carbocycles. The van der Waals surface area contributed by atoms with E-state index in [1.165, 1.54) is 25.3 Å². The average molecular weight is 276 g/mol. The highest BCUT2D eigenvalue weighted by molar-refractivity contribution is 5.48. The summed E-state index contributed by atoms with van der Waals surface area (Å²) in [6, 6.07) is 8.03. The topological polar surface area (TPSA) is 68.3 Å². The van der Waals surface area contributed by atoms with Crippen LogP contribution in [0.25, 0.3) is 0 Å². The van der Waals surface area contributed by atoms with Gasteiger partial charge in [-0.15, -0.1) is 0 Å². The van der Waals surface area contributed by atoms with E-state index < -0.39 is 17.4 Å². The van der Waals surface area contributed by atoms with Gasteiger partial charge in [-0.25, -0.2) is 8.78 Å². The second-order valence-electron chi connectivity index (χ2n) is 3.92. The Balaban J connectivity index is 2.42. The fourth-order valence-corrected chi connectivity index (χ4v) is 1.61. The third kappa shape index (κ3) is 2.78. The van der Waals surface area contributed by atoms with Gasteiger partial charge < -0.3 is 15.2 Å². The molecule has 2 aromatic rings. The van der Waals surface area contributed by atoms with Crippen molar-refractivity contribution in [2.45, 2.75) is 0 Å². The Hall–Kier alpha value is -2.81. The van der Waals surface area contributed by atoms with Crippen LogP contribution in [0.1, 0.15) is 5.56 Å². The van der Waals surface area contributed by atoms with Crippen LogP contribution in [0.4, 0.5) is 14.5 Å². The minimum Gasteiger partial charge on any atom is -0.497 e. The van der Waals surface area contributed by atoms with Crippen molar-refractivity contribution < 1.29 is 18.3 Å². The normalized spacial score (nSPS) is 9.90. The van der Waals surface area contributed by atoms with Crippen molar-refractivity contribution in [1.82, 2.24) is 0 Å². The summed E-state index contributed by atoms with van der Waals surface area (Å²) in [6.07, 6.45) is 0. The average Bonchev–Trinajstić information content (AvgIpc) is 2.42. The Labute approximate surface area is 114 Å². The van der Waals surface area contributed by atoms with E-state index in [1.54, 1.807) is 0 Å². The Kier molecular flexibility index (Phi) is 3.71. The van der Waals surface area contributed by atoms with E-state index in [-0.39, 0.29) is 17.0 Å². The minimum absolute atomic E-state index is 0.0456. The molecule has 4 nitrogen and oxygen atoms in total. The summed E-state index contributed by atoms with van der Waals surface area (Å²) in [6.45, 7) is 0. The van der Waals surface area contributed by atoms with Gasteiger partial charge >= 0.3 is 0 Å². The number of methoxy groups -OCH3 is 1. The number of nitrogen functional groups attached to an aromatic ring is 1. The second kappa shape index (κ2) is 5.45. The fourth-order valence-electron chi connectivity index (χ4n) is 1.61. The van der Waals surface area contributed by atoms with Gasteiger partial charge in [0.1, 0.15) is 11.5 Å². The van der Waals surface area contributed by atoms with Gasteiger partial charge in [-0.05, 0) is 12.1 Å². The van der Waals surface area contributed by atoms with Crippen LogP contribution in [0.15, 0.2) is 30.3 Å². The molecule has 0 unspecified atom stereocenters. The van der Waals surface area contributed by atoms with E-state index in [0.29, 0.717) is 5.75 Å². The molecule has 0 bridgehead atoms. The molecule has 20 heavy (non-hydrogen) atoms. The Morgan fingerprint density at radius 1 is 1.05 bits per heavy atom. The Morgan fingerprint density at radius 3 is 2.20 bits per heavy atom. The van der Waals surface area contributed by atoms with Crippen molar-refractivity contribution in [2.24, 2.45) is 0 Å². The number of nitrogens with zero attached hydrogens (tertiary/aromatic N) is 1. The molecule has 6 heteroatoms. The number of benzene rings is 2. The van der Waals surface area contributed by atoms with Gasteiger partial charge in [-0.3, -0.25) is 0 Å². The number of halogens is 2. The molecule has 0 amide bonds. The summed E-state index contributed by atoms with van der Waals surface area (Å²) >= 11 is 0. The number of nitrogens with two attached hydrogens (primary N) is 1. The van der Waals surface area contributed by atoms with Crippen molar-refractivity contribution >= 4 is 5.69 Å². The van der Waals surface area contributed by atoms with Crippen LogP contribution in [0.5, 0.6) is 17.2 Å². The molecule has 0 fully saturated rings. The predicted octanol–water partition coefficient (Wildman–Crippen LogP) is 3.22. The lowest BCUT2D eigenvalue weighted by Gasteiger charge is -2.10. The highest BCUT2D eigenvalue weighted by atomic mass is 19.1. The first kappa shape index (κ1) is 13.6. The van der Waals surface area contributed by atoms with Crippen LogP contribution in [-0.4, -0.2) is 7.11 Å². The van der Waals surface area contributed by atoms with Crippen molar-refractivity contribution in [3.8, 4) is 23.3 Å². The summed E-state index contributed by atoms with van der Waals surface area (Å²) in [4.78, 5) is 0. The maximum absolute atomic E-state index is 13.6. The van der Waals surface area contributed by atoms with Crippen molar-refractivity contribution in [2.75, 3.05) is 12.8 Å². The highest BCUT2D eigenvalue weighted by Gasteiger charge is 2.14. The zero-order valence-corrected chi connectivity index (χ0v) is 10.5. The molecular weight excluding hydrogens is 266 g/mol. The van der Waals surface area contributed by atoms with Crippen LogP contribution < -0.4 is 15.2 Å². The van der Waals surface area contributed by atoms with Crippen LogP contribution >= 0.6 is 0 Å². The first-order valence-electron chi connectivity index (χ1n) is 5.55. The zero-order valence-electron chi connectivity index (χ0n) is 10.5. The lowest BCUT2D eigenvalue weighted by molar-refractivity contribution is 0.393.